The van der Waals surface area contributed by atoms with Gasteiger partial charge >= 0.3 is 5.97 Å². The van der Waals surface area contributed by atoms with Gasteiger partial charge in [-0.25, -0.2) is 0 Å². The van der Waals surface area contributed by atoms with Gasteiger partial charge in [-0.2, -0.15) is 0 Å². The number of nitro groups is 1. The zero-order chi connectivity index (χ0) is 19.1. The van der Waals surface area contributed by atoms with Crippen LogP contribution in [0.25, 0.3) is 0 Å². The highest BCUT2D eigenvalue weighted by molar-refractivity contribution is 6.31. The summed E-state index contributed by atoms with van der Waals surface area (Å²) >= 11 is 5.99. The van der Waals surface area contributed by atoms with Crippen LogP contribution < -0.4 is 5.32 Å². The largest absolute Gasteiger partial charge is 0.461 e. The number of nitrogens with one attached hydrogen (secondary N) is 1. The molecule has 0 unspecified atom stereocenters. The number of amides is 1. The SMILES string of the molecule is Cc1c(Cl)cccc1NC(=O)CCC(=O)OCc1cccc([N+](=O)[O-])c1. The third-order valence-electron chi connectivity index (χ3n) is 3.62. The molecule has 0 radical (unpaired) electrons. The van der Waals surface area contributed by atoms with Crippen molar-refractivity contribution >= 4 is 34.9 Å². The summed E-state index contributed by atoms with van der Waals surface area (Å²) in [6.45, 7) is 1.70. The highest BCUT2D eigenvalue weighted by Crippen LogP contribution is 2.23. The van der Waals surface area contributed by atoms with Gasteiger partial charge in [0.1, 0.15) is 6.61 Å². The van der Waals surface area contributed by atoms with E-state index in [0.29, 0.717) is 16.3 Å². The molecular weight excluding hydrogens is 360 g/mol. The fraction of sp³-hybridized carbons (Fsp3) is 0.222. The molecule has 0 aliphatic carbocycles. The number of esters is 1. The van der Waals surface area contributed by atoms with Gasteiger partial charge in [0.25, 0.3) is 5.69 Å². The Morgan fingerprint density at radius 1 is 1.19 bits per heavy atom. The number of non-ortho nitro benzene ring substituents is 1. The van der Waals surface area contributed by atoms with Crippen LogP contribution in [0.15, 0.2) is 42.5 Å². The lowest BCUT2D eigenvalue weighted by molar-refractivity contribution is -0.384. The molecule has 0 fully saturated rings. The predicted molar refractivity (Wildman–Crippen MR) is 96.9 cm³/mol. The van der Waals surface area contributed by atoms with Crippen molar-refractivity contribution in [2.75, 3.05) is 5.32 Å². The van der Waals surface area contributed by atoms with Crippen LogP contribution in [0.4, 0.5) is 11.4 Å². The topological polar surface area (TPSA) is 98.5 Å². The van der Waals surface area contributed by atoms with Crippen LogP contribution in [0.2, 0.25) is 5.02 Å². The summed E-state index contributed by atoms with van der Waals surface area (Å²) in [4.78, 5) is 33.9. The molecule has 2 aromatic carbocycles. The third kappa shape index (κ3) is 5.56. The molecule has 0 saturated carbocycles. The molecule has 0 saturated heterocycles. The number of hydrogen-bond acceptors (Lipinski definition) is 5. The van der Waals surface area contributed by atoms with E-state index in [1.54, 1.807) is 31.2 Å². The van der Waals surface area contributed by atoms with E-state index in [-0.39, 0.29) is 31.0 Å². The van der Waals surface area contributed by atoms with Crippen molar-refractivity contribution in [2.24, 2.45) is 0 Å². The fourth-order valence-electron chi connectivity index (χ4n) is 2.17. The van der Waals surface area contributed by atoms with Gasteiger partial charge in [0.2, 0.25) is 5.91 Å². The van der Waals surface area contributed by atoms with E-state index in [9.17, 15) is 19.7 Å². The summed E-state index contributed by atoms with van der Waals surface area (Å²) in [6.07, 6.45) is -0.139. The van der Waals surface area contributed by atoms with E-state index in [1.165, 1.54) is 18.2 Å². The first-order valence-electron chi connectivity index (χ1n) is 7.80. The molecule has 1 amide bonds. The maximum absolute atomic E-state index is 11.9. The number of carbonyl (C=O) groups excluding carboxylic acids is 2. The number of nitro benzene ring substituents is 1. The van der Waals surface area contributed by atoms with Gasteiger partial charge in [0.15, 0.2) is 0 Å². The Kier molecular flexibility index (Phi) is 6.68. The number of halogens is 1. The summed E-state index contributed by atoms with van der Waals surface area (Å²) in [5, 5.41) is 13.9. The van der Waals surface area contributed by atoms with Gasteiger partial charge in [-0.3, -0.25) is 19.7 Å². The van der Waals surface area contributed by atoms with Gasteiger partial charge in [0, 0.05) is 29.3 Å². The van der Waals surface area contributed by atoms with Crippen molar-refractivity contribution < 1.29 is 19.2 Å². The smallest absolute Gasteiger partial charge is 0.306 e. The minimum atomic E-state index is -0.561. The van der Waals surface area contributed by atoms with E-state index in [0.717, 1.165) is 5.56 Å². The number of ether oxygens (including phenoxy) is 1. The first kappa shape index (κ1) is 19.4. The van der Waals surface area contributed by atoms with Crippen molar-refractivity contribution in [3.63, 3.8) is 0 Å². The predicted octanol–water partition coefficient (Wildman–Crippen LogP) is 4.02. The zero-order valence-electron chi connectivity index (χ0n) is 14.0. The van der Waals surface area contributed by atoms with Crippen molar-refractivity contribution in [3.8, 4) is 0 Å². The number of carbonyl (C=O) groups is 2. The molecule has 0 atom stereocenters. The van der Waals surface area contributed by atoms with Crippen LogP contribution in [-0.2, 0) is 20.9 Å². The molecule has 136 valence electrons. The number of benzene rings is 2. The quantitative estimate of drug-likeness (QED) is 0.447. The summed E-state index contributed by atoms with van der Waals surface area (Å²) in [7, 11) is 0. The summed E-state index contributed by atoms with van der Waals surface area (Å²) in [6, 6.07) is 11.0. The minimum absolute atomic E-state index is 0.0419. The minimum Gasteiger partial charge on any atom is -0.461 e. The van der Waals surface area contributed by atoms with Crippen LogP contribution in [0.1, 0.15) is 24.0 Å². The molecule has 0 bridgehead atoms. The van der Waals surface area contributed by atoms with Crippen LogP contribution in [0.3, 0.4) is 0 Å². The Labute approximate surface area is 155 Å². The Balaban J connectivity index is 1.79. The van der Waals surface area contributed by atoms with Crippen LogP contribution in [0.5, 0.6) is 0 Å². The summed E-state index contributed by atoms with van der Waals surface area (Å²) in [5.41, 5.74) is 1.77. The lowest BCUT2D eigenvalue weighted by Crippen LogP contribution is -2.15. The second kappa shape index (κ2) is 8.96. The highest BCUT2D eigenvalue weighted by atomic mass is 35.5. The standard InChI is InChI=1S/C18H17ClN2O5/c1-12-15(19)6-3-7-16(12)20-17(22)8-9-18(23)26-11-13-4-2-5-14(10-13)21(24)25/h2-7,10H,8-9,11H2,1H3,(H,20,22). The van der Waals surface area contributed by atoms with Crippen LogP contribution in [0, 0.1) is 17.0 Å². The maximum atomic E-state index is 11.9. The van der Waals surface area contributed by atoms with Gasteiger partial charge in [-0.1, -0.05) is 29.8 Å². The third-order valence-corrected chi connectivity index (χ3v) is 4.03. The number of anilines is 1. The molecule has 2 aromatic rings. The second-order valence-corrected chi connectivity index (χ2v) is 5.96. The molecule has 2 rings (SSSR count). The summed E-state index contributed by atoms with van der Waals surface area (Å²) < 4.78 is 5.04. The number of hydrogen-bond donors (Lipinski definition) is 1. The van der Waals surface area contributed by atoms with Crippen molar-refractivity contribution in [1.29, 1.82) is 0 Å². The molecule has 1 N–H and O–H groups in total. The summed E-state index contributed by atoms with van der Waals surface area (Å²) in [5.74, 6) is -0.892. The molecule has 0 spiro atoms. The van der Waals surface area contributed by atoms with Gasteiger partial charge in [-0.05, 0) is 30.2 Å². The molecular formula is C18H17ClN2O5. The molecule has 0 aromatic heterocycles. The average Bonchev–Trinajstić information content (AvgIpc) is 2.62. The monoisotopic (exact) mass is 376 g/mol. The fourth-order valence-corrected chi connectivity index (χ4v) is 2.34. The molecule has 8 heteroatoms. The van der Waals surface area contributed by atoms with Crippen LogP contribution in [-0.4, -0.2) is 16.8 Å². The number of nitrogens with zero attached hydrogens (tertiary/aromatic N) is 1. The van der Waals surface area contributed by atoms with E-state index in [2.05, 4.69) is 5.32 Å². The Morgan fingerprint density at radius 3 is 2.65 bits per heavy atom. The first-order valence-corrected chi connectivity index (χ1v) is 8.18. The van der Waals surface area contributed by atoms with E-state index in [1.807, 2.05) is 0 Å². The van der Waals surface area contributed by atoms with Crippen molar-refractivity contribution in [2.45, 2.75) is 26.4 Å². The maximum Gasteiger partial charge on any atom is 0.306 e. The molecule has 0 aliphatic heterocycles. The average molecular weight is 377 g/mol. The number of rotatable bonds is 7. The second-order valence-electron chi connectivity index (χ2n) is 5.55. The van der Waals surface area contributed by atoms with Crippen molar-refractivity contribution in [1.82, 2.24) is 0 Å². The van der Waals surface area contributed by atoms with Crippen molar-refractivity contribution in [3.05, 3.63) is 68.7 Å². The zero-order valence-corrected chi connectivity index (χ0v) is 14.8. The van der Waals surface area contributed by atoms with E-state index in [4.69, 9.17) is 16.3 Å². The molecule has 7 nitrogen and oxygen atoms in total. The Morgan fingerprint density at radius 2 is 1.92 bits per heavy atom. The molecule has 26 heavy (non-hydrogen) atoms. The first-order chi connectivity index (χ1) is 12.4. The normalized spacial score (nSPS) is 10.2. The molecule has 0 heterocycles. The van der Waals surface area contributed by atoms with Gasteiger partial charge in [-0.15, -0.1) is 0 Å². The van der Waals surface area contributed by atoms with E-state index >= 15 is 0 Å². The van der Waals surface area contributed by atoms with Gasteiger partial charge in [0.05, 0.1) is 11.3 Å². The lowest BCUT2D eigenvalue weighted by atomic mass is 10.2. The lowest BCUT2D eigenvalue weighted by Gasteiger charge is -2.09. The van der Waals surface area contributed by atoms with E-state index < -0.39 is 10.9 Å². The molecule has 0 aliphatic rings. The Bertz CT molecular complexity index is 838. The highest BCUT2D eigenvalue weighted by Gasteiger charge is 2.11. The Hall–Kier alpha value is -2.93. The van der Waals surface area contributed by atoms with Gasteiger partial charge < -0.3 is 10.1 Å². The van der Waals surface area contributed by atoms with Crippen LogP contribution >= 0.6 is 11.6 Å².